The molecule has 6 rings (SSSR count). The van der Waals surface area contributed by atoms with Crippen molar-refractivity contribution < 1.29 is 13.2 Å². The van der Waals surface area contributed by atoms with E-state index in [0.29, 0.717) is 66.9 Å². The summed E-state index contributed by atoms with van der Waals surface area (Å²) in [7, 11) is -3.52. The lowest BCUT2D eigenvalue weighted by Crippen LogP contribution is -2.39. The summed E-state index contributed by atoms with van der Waals surface area (Å²) >= 11 is 6.37. The Hall–Kier alpha value is -4.06. The highest BCUT2D eigenvalue weighted by atomic mass is 35.5. The molecule has 1 amide bonds. The number of anilines is 5. The topological polar surface area (TPSA) is 129 Å². The van der Waals surface area contributed by atoms with Gasteiger partial charge in [-0.3, -0.25) is 9.78 Å². The van der Waals surface area contributed by atoms with Gasteiger partial charge in [-0.2, -0.15) is 9.29 Å². The summed E-state index contributed by atoms with van der Waals surface area (Å²) in [5.41, 5.74) is 4.27. The number of aryl methyl sites for hydroxylation is 2. The van der Waals surface area contributed by atoms with Crippen LogP contribution in [0.1, 0.15) is 30.4 Å². The van der Waals surface area contributed by atoms with Gasteiger partial charge in [-0.1, -0.05) is 29.8 Å². The van der Waals surface area contributed by atoms with Gasteiger partial charge >= 0.3 is 0 Å². The number of hydrogen-bond donors (Lipinski definition) is 3. The van der Waals surface area contributed by atoms with Crippen LogP contribution in [0.15, 0.2) is 78.1 Å². The zero-order valence-corrected chi connectivity index (χ0v) is 24.3. The zero-order valence-electron chi connectivity index (χ0n) is 22.8. The number of carbonyl (C=O) groups is 1. The summed E-state index contributed by atoms with van der Waals surface area (Å²) in [6.07, 6.45) is 8.04. The van der Waals surface area contributed by atoms with Gasteiger partial charge in [0, 0.05) is 37.1 Å². The molecule has 4 aromatic rings. The van der Waals surface area contributed by atoms with Crippen LogP contribution in [-0.4, -0.2) is 46.7 Å². The van der Waals surface area contributed by atoms with E-state index in [1.165, 1.54) is 10.5 Å². The van der Waals surface area contributed by atoms with Crippen molar-refractivity contribution in [2.75, 3.05) is 29.0 Å². The van der Waals surface area contributed by atoms with Crippen LogP contribution < -0.4 is 16.0 Å². The van der Waals surface area contributed by atoms with Crippen LogP contribution in [0.2, 0.25) is 5.02 Å². The molecule has 1 fully saturated rings. The molecule has 0 aliphatic carbocycles. The van der Waals surface area contributed by atoms with Crippen molar-refractivity contribution in [3.05, 3.63) is 89.3 Å². The summed E-state index contributed by atoms with van der Waals surface area (Å²) < 4.78 is 27.4. The van der Waals surface area contributed by atoms with E-state index in [1.54, 1.807) is 36.5 Å². The van der Waals surface area contributed by atoms with Crippen molar-refractivity contribution >= 4 is 56.4 Å². The van der Waals surface area contributed by atoms with Crippen molar-refractivity contribution in [3.8, 4) is 0 Å². The van der Waals surface area contributed by atoms with Gasteiger partial charge in [-0.25, -0.2) is 13.4 Å². The number of nitrogens with one attached hydrogen (secondary N) is 3. The number of rotatable bonds is 5. The van der Waals surface area contributed by atoms with Crippen LogP contribution in [0, 0.1) is 5.92 Å². The second kappa shape index (κ2) is 12.0. The van der Waals surface area contributed by atoms with Crippen molar-refractivity contribution in [1.29, 1.82) is 0 Å². The van der Waals surface area contributed by atoms with Gasteiger partial charge in [-0.05, 0) is 79.1 Å². The fraction of sp³-hybridized carbons (Fsp3) is 0.267. The molecule has 12 heteroatoms. The van der Waals surface area contributed by atoms with E-state index in [9.17, 15) is 13.2 Å². The lowest BCUT2D eigenvalue weighted by Gasteiger charge is -2.31. The fourth-order valence-corrected chi connectivity index (χ4v) is 6.94. The van der Waals surface area contributed by atoms with Crippen LogP contribution in [-0.2, 0) is 27.7 Å². The number of fused-ring (bicyclic) bond motifs is 6. The van der Waals surface area contributed by atoms with Crippen LogP contribution in [0.5, 0.6) is 0 Å². The predicted octanol–water partition coefficient (Wildman–Crippen LogP) is 5.54. The Labute approximate surface area is 249 Å². The second-order valence-corrected chi connectivity index (χ2v) is 12.9. The van der Waals surface area contributed by atoms with Crippen molar-refractivity contribution in [2.24, 2.45) is 5.92 Å². The quantitative estimate of drug-likeness (QED) is 0.271. The zero-order chi connectivity index (χ0) is 29.1. The number of carbonyl (C=O) groups excluding carboxylic acids is 1. The smallest absolute Gasteiger partial charge is 0.243 e. The molecule has 1 saturated heterocycles. The molecule has 0 atom stereocenters. The molecule has 0 radical (unpaired) electrons. The predicted molar refractivity (Wildman–Crippen MR) is 163 cm³/mol. The highest BCUT2D eigenvalue weighted by Crippen LogP contribution is 2.30. The number of benzene rings is 2. The SMILES string of the molecule is O=C(CC1CCN(S(=O)(=O)c2ccccc2)CC1)Nc1ccc2cc1CCc1cncc(c1)Nc1ncc(Cl)c(n1)N2. The molecule has 2 aromatic carbocycles. The average Bonchev–Trinajstić information content (AvgIpc) is 3.00. The van der Waals surface area contributed by atoms with E-state index in [2.05, 4.69) is 30.9 Å². The summed E-state index contributed by atoms with van der Waals surface area (Å²) in [5.74, 6) is 0.873. The van der Waals surface area contributed by atoms with Gasteiger partial charge in [0.1, 0.15) is 5.02 Å². The molecule has 2 aliphatic rings. The molecule has 42 heavy (non-hydrogen) atoms. The molecule has 6 bridgehead atoms. The van der Waals surface area contributed by atoms with Crippen LogP contribution >= 0.6 is 11.6 Å². The Morgan fingerprint density at radius 1 is 0.976 bits per heavy atom. The summed E-state index contributed by atoms with van der Waals surface area (Å²) in [6, 6.07) is 16.2. The molecule has 0 unspecified atom stereocenters. The summed E-state index contributed by atoms with van der Waals surface area (Å²) in [6.45, 7) is 0.798. The standard InChI is InChI=1S/C30H30ClN7O3S/c31-26-19-33-30-35-24-14-21(17-32-18-24)6-7-22-16-23(34-29(26)37-30)8-9-27(22)36-28(39)15-20-10-12-38(13-11-20)42(40,41)25-4-2-1-3-5-25/h1-5,8-9,14,16-20H,6-7,10-13,15H2,(H,36,39)(H2,33,34,35,37). The number of sulfonamides is 1. The molecule has 0 spiro atoms. The van der Waals surface area contributed by atoms with Crippen molar-refractivity contribution in [2.45, 2.75) is 37.0 Å². The van der Waals surface area contributed by atoms with E-state index < -0.39 is 10.0 Å². The first-order valence-corrected chi connectivity index (χ1v) is 15.6. The third-order valence-corrected chi connectivity index (χ3v) is 9.74. The van der Waals surface area contributed by atoms with E-state index in [-0.39, 0.29) is 11.8 Å². The second-order valence-electron chi connectivity index (χ2n) is 10.5. The van der Waals surface area contributed by atoms with Crippen LogP contribution in [0.25, 0.3) is 0 Å². The Bertz CT molecular complexity index is 1710. The van der Waals surface area contributed by atoms with Gasteiger partial charge in [0.15, 0.2) is 5.82 Å². The molecular formula is C30H30ClN7O3S. The largest absolute Gasteiger partial charge is 0.339 e. The van der Waals surface area contributed by atoms with E-state index in [4.69, 9.17) is 11.6 Å². The first kappa shape index (κ1) is 28.1. The van der Waals surface area contributed by atoms with Gasteiger partial charge in [-0.15, -0.1) is 0 Å². The molecule has 10 nitrogen and oxygen atoms in total. The number of amides is 1. The Morgan fingerprint density at radius 2 is 1.79 bits per heavy atom. The van der Waals surface area contributed by atoms with Crippen LogP contribution in [0.4, 0.5) is 28.8 Å². The van der Waals surface area contributed by atoms with E-state index >= 15 is 0 Å². The minimum atomic E-state index is -3.52. The highest BCUT2D eigenvalue weighted by Gasteiger charge is 2.30. The van der Waals surface area contributed by atoms with Gasteiger partial charge in [0.25, 0.3) is 0 Å². The first-order valence-electron chi connectivity index (χ1n) is 13.8. The maximum Gasteiger partial charge on any atom is 0.243 e. The monoisotopic (exact) mass is 603 g/mol. The lowest BCUT2D eigenvalue weighted by atomic mass is 9.94. The van der Waals surface area contributed by atoms with Crippen LogP contribution in [0.3, 0.4) is 0 Å². The molecule has 0 saturated carbocycles. The van der Waals surface area contributed by atoms with Gasteiger partial charge in [0.05, 0.1) is 23.0 Å². The number of halogens is 1. The number of hydrogen-bond acceptors (Lipinski definition) is 8. The number of nitrogens with zero attached hydrogens (tertiary/aromatic N) is 4. The Kier molecular flexibility index (Phi) is 8.05. The summed E-state index contributed by atoms with van der Waals surface area (Å²) in [4.78, 5) is 26.6. The average molecular weight is 604 g/mol. The number of pyridine rings is 1. The van der Waals surface area contributed by atoms with Gasteiger partial charge < -0.3 is 16.0 Å². The molecule has 3 N–H and O–H groups in total. The first-order chi connectivity index (χ1) is 20.3. The summed E-state index contributed by atoms with van der Waals surface area (Å²) in [5, 5.41) is 9.93. The molecule has 216 valence electrons. The maximum atomic E-state index is 13.2. The molecule has 2 aromatic heterocycles. The van der Waals surface area contributed by atoms with Gasteiger partial charge in [0.2, 0.25) is 21.9 Å². The van der Waals surface area contributed by atoms with Crippen molar-refractivity contribution in [1.82, 2.24) is 19.3 Å². The maximum absolute atomic E-state index is 13.2. The van der Waals surface area contributed by atoms with Crippen molar-refractivity contribution in [3.63, 3.8) is 0 Å². The third kappa shape index (κ3) is 6.38. The highest BCUT2D eigenvalue weighted by molar-refractivity contribution is 7.89. The van der Waals surface area contributed by atoms with E-state index in [1.807, 2.05) is 30.5 Å². The minimum Gasteiger partial charge on any atom is -0.339 e. The fourth-order valence-electron chi connectivity index (χ4n) is 5.31. The Balaban J connectivity index is 1.15. The molecular weight excluding hydrogens is 574 g/mol. The molecule has 4 heterocycles. The third-order valence-electron chi connectivity index (χ3n) is 7.55. The Morgan fingerprint density at radius 3 is 2.60 bits per heavy atom. The molecule has 2 aliphatic heterocycles. The number of aromatic nitrogens is 3. The normalized spacial score (nSPS) is 15.7. The number of piperidine rings is 1. The minimum absolute atomic E-state index is 0.0874. The lowest BCUT2D eigenvalue weighted by molar-refractivity contribution is -0.117. The van der Waals surface area contributed by atoms with E-state index in [0.717, 1.165) is 28.2 Å².